The fourth-order valence-electron chi connectivity index (χ4n) is 2.72. The van der Waals surface area contributed by atoms with E-state index >= 15 is 0 Å². The zero-order valence-corrected chi connectivity index (χ0v) is 11.7. The van der Waals surface area contributed by atoms with E-state index in [9.17, 15) is 4.79 Å². The van der Waals surface area contributed by atoms with Crippen LogP contribution in [-0.2, 0) is 0 Å². The Morgan fingerprint density at radius 3 is 2.72 bits per heavy atom. The molecule has 1 saturated heterocycles. The molecule has 0 saturated carbocycles. The maximum Gasteiger partial charge on any atom is 0.152 e. The highest BCUT2D eigenvalue weighted by atomic mass is 16.1. The Hall–Kier alpha value is -1.31. The molecule has 0 aliphatic carbocycles. The van der Waals surface area contributed by atoms with Crippen molar-refractivity contribution in [1.82, 2.24) is 0 Å². The summed E-state index contributed by atoms with van der Waals surface area (Å²) in [5, 5.41) is 0. The maximum atomic E-state index is 11.2. The molecule has 1 fully saturated rings. The van der Waals surface area contributed by atoms with E-state index in [2.05, 4.69) is 30.9 Å². The lowest BCUT2D eigenvalue weighted by Crippen LogP contribution is -2.26. The summed E-state index contributed by atoms with van der Waals surface area (Å²) >= 11 is 0. The van der Waals surface area contributed by atoms with Gasteiger partial charge in [-0.15, -0.1) is 0 Å². The molecule has 0 N–H and O–H groups in total. The second-order valence-corrected chi connectivity index (χ2v) is 6.18. The van der Waals surface area contributed by atoms with E-state index in [1.165, 1.54) is 19.3 Å². The molecule has 1 aliphatic rings. The molecule has 0 amide bonds. The van der Waals surface area contributed by atoms with Crippen molar-refractivity contribution < 1.29 is 4.79 Å². The van der Waals surface area contributed by atoms with E-state index in [1.807, 2.05) is 13.0 Å². The van der Waals surface area contributed by atoms with Gasteiger partial charge in [0.15, 0.2) is 6.29 Å². The average Bonchev–Trinajstić information content (AvgIpc) is 2.50. The maximum absolute atomic E-state index is 11.2. The smallest absolute Gasteiger partial charge is 0.152 e. The first-order valence-corrected chi connectivity index (χ1v) is 6.83. The topological polar surface area (TPSA) is 20.3 Å². The number of anilines is 1. The molecule has 1 aliphatic heterocycles. The van der Waals surface area contributed by atoms with Gasteiger partial charge in [0.25, 0.3) is 0 Å². The Morgan fingerprint density at radius 1 is 1.22 bits per heavy atom. The Morgan fingerprint density at radius 2 is 2.00 bits per heavy atom. The van der Waals surface area contributed by atoms with Crippen molar-refractivity contribution in [2.45, 2.75) is 40.0 Å². The Balaban J connectivity index is 2.23. The molecular weight excluding hydrogens is 222 g/mol. The number of hydrogen-bond donors (Lipinski definition) is 0. The van der Waals surface area contributed by atoms with Gasteiger partial charge in [-0.1, -0.05) is 25.5 Å². The summed E-state index contributed by atoms with van der Waals surface area (Å²) in [4.78, 5) is 13.6. The number of rotatable bonds is 2. The molecule has 0 bridgehead atoms. The zero-order valence-electron chi connectivity index (χ0n) is 11.7. The standard InChI is InChI=1S/C16H23NO/c1-13-5-6-15(14(11-13)12-18)17-9-4-7-16(2,3)8-10-17/h5-6,11-12H,4,7-10H2,1-3H3. The highest BCUT2D eigenvalue weighted by Gasteiger charge is 2.23. The normalized spacial score (nSPS) is 19.4. The third kappa shape index (κ3) is 2.92. The molecule has 0 radical (unpaired) electrons. The molecule has 2 nitrogen and oxygen atoms in total. The second-order valence-electron chi connectivity index (χ2n) is 6.18. The van der Waals surface area contributed by atoms with E-state index in [4.69, 9.17) is 0 Å². The fraction of sp³-hybridized carbons (Fsp3) is 0.562. The van der Waals surface area contributed by atoms with Crippen LogP contribution in [0, 0.1) is 12.3 Å². The van der Waals surface area contributed by atoms with Gasteiger partial charge in [-0.2, -0.15) is 0 Å². The number of aldehydes is 1. The Kier molecular flexibility index (Phi) is 3.74. The van der Waals surface area contributed by atoms with Crippen LogP contribution in [0.5, 0.6) is 0 Å². The molecule has 2 rings (SSSR count). The molecule has 1 aromatic rings. The lowest BCUT2D eigenvalue weighted by atomic mass is 9.85. The van der Waals surface area contributed by atoms with Crippen LogP contribution in [0.3, 0.4) is 0 Å². The van der Waals surface area contributed by atoms with E-state index in [1.54, 1.807) is 0 Å². The van der Waals surface area contributed by atoms with Crippen LogP contribution in [0.1, 0.15) is 49.0 Å². The lowest BCUT2D eigenvalue weighted by molar-refractivity contribution is 0.112. The van der Waals surface area contributed by atoms with Crippen molar-refractivity contribution in [2.24, 2.45) is 5.41 Å². The molecule has 0 spiro atoms. The first-order chi connectivity index (χ1) is 8.52. The van der Waals surface area contributed by atoms with Crippen LogP contribution in [0.15, 0.2) is 18.2 Å². The van der Waals surface area contributed by atoms with Gasteiger partial charge in [0.2, 0.25) is 0 Å². The van der Waals surface area contributed by atoms with Gasteiger partial charge >= 0.3 is 0 Å². The Labute approximate surface area is 110 Å². The average molecular weight is 245 g/mol. The zero-order chi connectivity index (χ0) is 13.2. The molecule has 0 aromatic heterocycles. The Bertz CT molecular complexity index is 437. The van der Waals surface area contributed by atoms with Crippen LogP contribution in [0.4, 0.5) is 5.69 Å². The number of hydrogen-bond acceptors (Lipinski definition) is 2. The highest BCUT2D eigenvalue weighted by molar-refractivity contribution is 5.85. The summed E-state index contributed by atoms with van der Waals surface area (Å²) in [6, 6.07) is 6.17. The molecular formula is C16H23NO. The van der Waals surface area contributed by atoms with Crippen molar-refractivity contribution in [3.8, 4) is 0 Å². The van der Waals surface area contributed by atoms with E-state index < -0.39 is 0 Å². The summed E-state index contributed by atoms with van der Waals surface area (Å²) in [6.45, 7) is 8.82. The van der Waals surface area contributed by atoms with E-state index in [-0.39, 0.29) is 0 Å². The van der Waals surface area contributed by atoms with Crippen molar-refractivity contribution in [1.29, 1.82) is 0 Å². The van der Waals surface area contributed by atoms with Gasteiger partial charge in [0.1, 0.15) is 0 Å². The van der Waals surface area contributed by atoms with Crippen LogP contribution >= 0.6 is 0 Å². The third-order valence-electron chi connectivity index (χ3n) is 3.99. The van der Waals surface area contributed by atoms with Crippen molar-refractivity contribution in [2.75, 3.05) is 18.0 Å². The summed E-state index contributed by atoms with van der Waals surface area (Å²) in [5.41, 5.74) is 3.51. The largest absolute Gasteiger partial charge is 0.371 e. The summed E-state index contributed by atoms with van der Waals surface area (Å²) in [6.07, 6.45) is 4.66. The van der Waals surface area contributed by atoms with Crippen LogP contribution in [0.25, 0.3) is 0 Å². The van der Waals surface area contributed by atoms with Gasteiger partial charge < -0.3 is 4.90 Å². The molecule has 1 heterocycles. The number of carbonyl (C=O) groups excluding carboxylic acids is 1. The van der Waals surface area contributed by atoms with Gasteiger partial charge in [-0.3, -0.25) is 4.79 Å². The molecule has 98 valence electrons. The first-order valence-electron chi connectivity index (χ1n) is 6.83. The monoisotopic (exact) mass is 245 g/mol. The molecule has 0 unspecified atom stereocenters. The number of benzene rings is 1. The fourth-order valence-corrected chi connectivity index (χ4v) is 2.72. The van der Waals surface area contributed by atoms with Gasteiger partial charge in [-0.05, 0) is 43.7 Å². The summed E-state index contributed by atoms with van der Waals surface area (Å²) < 4.78 is 0. The van der Waals surface area contributed by atoms with Gasteiger partial charge in [0, 0.05) is 24.3 Å². The van der Waals surface area contributed by atoms with Gasteiger partial charge in [0.05, 0.1) is 0 Å². The second kappa shape index (κ2) is 5.13. The minimum absolute atomic E-state index is 0.431. The van der Waals surface area contributed by atoms with E-state index in [0.717, 1.165) is 36.2 Å². The van der Waals surface area contributed by atoms with Gasteiger partial charge in [-0.25, -0.2) is 0 Å². The quantitative estimate of drug-likeness (QED) is 0.738. The SMILES string of the molecule is Cc1ccc(N2CCCC(C)(C)CC2)c(C=O)c1. The molecule has 1 aromatic carbocycles. The van der Waals surface area contributed by atoms with Crippen molar-refractivity contribution in [3.05, 3.63) is 29.3 Å². The molecule has 2 heteroatoms. The summed E-state index contributed by atoms with van der Waals surface area (Å²) in [5.74, 6) is 0. The summed E-state index contributed by atoms with van der Waals surface area (Å²) in [7, 11) is 0. The van der Waals surface area contributed by atoms with E-state index in [0.29, 0.717) is 5.41 Å². The van der Waals surface area contributed by atoms with Crippen molar-refractivity contribution in [3.63, 3.8) is 0 Å². The molecule has 0 atom stereocenters. The van der Waals surface area contributed by atoms with Crippen LogP contribution < -0.4 is 4.90 Å². The third-order valence-corrected chi connectivity index (χ3v) is 3.99. The van der Waals surface area contributed by atoms with Crippen LogP contribution in [-0.4, -0.2) is 19.4 Å². The predicted octanol–water partition coefficient (Wildman–Crippen LogP) is 3.82. The predicted molar refractivity (Wildman–Crippen MR) is 76.4 cm³/mol. The minimum atomic E-state index is 0.431. The van der Waals surface area contributed by atoms with Crippen LogP contribution in [0.2, 0.25) is 0 Å². The van der Waals surface area contributed by atoms with Crippen molar-refractivity contribution >= 4 is 12.0 Å². The number of carbonyl (C=O) groups is 1. The number of aryl methyl sites for hydroxylation is 1. The molecule has 18 heavy (non-hydrogen) atoms. The first kappa shape index (κ1) is 13.1. The highest BCUT2D eigenvalue weighted by Crippen LogP contribution is 2.32. The number of nitrogens with zero attached hydrogens (tertiary/aromatic N) is 1. The lowest BCUT2D eigenvalue weighted by Gasteiger charge is -2.26. The minimum Gasteiger partial charge on any atom is -0.371 e.